The molecule has 2 rings (SSSR count). The van der Waals surface area contributed by atoms with Crippen LogP contribution in [0.4, 0.5) is 4.39 Å². The number of nitrogens with zero attached hydrogens (tertiary/aromatic N) is 1. The SMILES string of the molecule is CCN1CCOC(COc2ccc(F)cc2C)C1. The lowest BCUT2D eigenvalue weighted by molar-refractivity contribution is -0.0464. The molecule has 18 heavy (non-hydrogen) atoms. The number of morpholine rings is 1. The number of hydrogen-bond acceptors (Lipinski definition) is 3. The van der Waals surface area contributed by atoms with Crippen molar-refractivity contribution in [3.05, 3.63) is 29.6 Å². The number of likely N-dealkylation sites (N-methyl/N-ethyl adjacent to an activating group) is 1. The third-order valence-corrected chi connectivity index (χ3v) is 3.23. The van der Waals surface area contributed by atoms with E-state index in [9.17, 15) is 4.39 Å². The van der Waals surface area contributed by atoms with Gasteiger partial charge in [0.05, 0.1) is 6.61 Å². The van der Waals surface area contributed by atoms with E-state index in [4.69, 9.17) is 9.47 Å². The molecule has 1 aromatic carbocycles. The predicted molar refractivity (Wildman–Crippen MR) is 68.5 cm³/mol. The molecule has 100 valence electrons. The smallest absolute Gasteiger partial charge is 0.123 e. The Morgan fingerprint density at radius 3 is 3.06 bits per heavy atom. The van der Waals surface area contributed by atoms with Crippen LogP contribution in [0.15, 0.2) is 18.2 Å². The van der Waals surface area contributed by atoms with Crippen LogP contribution in [0.3, 0.4) is 0 Å². The summed E-state index contributed by atoms with van der Waals surface area (Å²) in [6.45, 7) is 8.19. The van der Waals surface area contributed by atoms with Crippen LogP contribution in [0.1, 0.15) is 12.5 Å². The summed E-state index contributed by atoms with van der Waals surface area (Å²) in [6, 6.07) is 4.57. The van der Waals surface area contributed by atoms with Gasteiger partial charge in [0.1, 0.15) is 24.3 Å². The minimum absolute atomic E-state index is 0.100. The van der Waals surface area contributed by atoms with Gasteiger partial charge in [0.15, 0.2) is 0 Å². The molecule has 3 nitrogen and oxygen atoms in total. The molecule has 1 aliphatic heterocycles. The van der Waals surface area contributed by atoms with Crippen molar-refractivity contribution in [2.75, 3.05) is 32.8 Å². The number of rotatable bonds is 4. The van der Waals surface area contributed by atoms with Gasteiger partial charge in [0, 0.05) is 13.1 Å². The highest BCUT2D eigenvalue weighted by molar-refractivity contribution is 5.32. The van der Waals surface area contributed by atoms with Crippen LogP contribution in [0.25, 0.3) is 0 Å². The minimum Gasteiger partial charge on any atom is -0.491 e. The van der Waals surface area contributed by atoms with Crippen molar-refractivity contribution >= 4 is 0 Å². The van der Waals surface area contributed by atoms with E-state index in [-0.39, 0.29) is 11.9 Å². The molecule has 4 heteroatoms. The largest absolute Gasteiger partial charge is 0.491 e. The molecule has 0 radical (unpaired) electrons. The van der Waals surface area contributed by atoms with Crippen molar-refractivity contribution in [2.24, 2.45) is 0 Å². The van der Waals surface area contributed by atoms with Crippen LogP contribution in [-0.2, 0) is 4.74 Å². The van der Waals surface area contributed by atoms with Crippen molar-refractivity contribution in [3.63, 3.8) is 0 Å². The highest BCUT2D eigenvalue weighted by Crippen LogP contribution is 2.19. The predicted octanol–water partition coefficient (Wildman–Crippen LogP) is 2.23. The summed E-state index contributed by atoms with van der Waals surface area (Å²) in [7, 11) is 0. The molecular formula is C14H20FNO2. The fourth-order valence-corrected chi connectivity index (χ4v) is 2.13. The maximum Gasteiger partial charge on any atom is 0.123 e. The maximum absolute atomic E-state index is 13.0. The lowest BCUT2D eigenvalue weighted by Gasteiger charge is -2.31. The minimum atomic E-state index is -0.231. The van der Waals surface area contributed by atoms with Crippen LogP contribution in [0, 0.1) is 12.7 Å². The summed E-state index contributed by atoms with van der Waals surface area (Å²) in [6.07, 6.45) is 0.100. The summed E-state index contributed by atoms with van der Waals surface area (Å²) in [4.78, 5) is 2.34. The fourth-order valence-electron chi connectivity index (χ4n) is 2.13. The molecule has 1 saturated heterocycles. The van der Waals surface area contributed by atoms with Crippen LogP contribution < -0.4 is 4.74 Å². The standard InChI is InChI=1S/C14H20FNO2/c1-3-16-6-7-17-13(9-16)10-18-14-5-4-12(15)8-11(14)2/h4-5,8,13H,3,6-7,9-10H2,1-2H3. The first kappa shape index (κ1) is 13.3. The van der Waals surface area contributed by atoms with Crippen molar-refractivity contribution in [1.29, 1.82) is 0 Å². The van der Waals surface area contributed by atoms with Crippen LogP contribution in [0.2, 0.25) is 0 Å². The molecule has 1 fully saturated rings. The van der Waals surface area contributed by atoms with Gasteiger partial charge in [0.25, 0.3) is 0 Å². The van der Waals surface area contributed by atoms with E-state index >= 15 is 0 Å². The Bertz CT molecular complexity index is 397. The average Bonchev–Trinajstić information content (AvgIpc) is 2.38. The second kappa shape index (κ2) is 6.16. The van der Waals surface area contributed by atoms with Crippen molar-refractivity contribution in [3.8, 4) is 5.75 Å². The van der Waals surface area contributed by atoms with E-state index < -0.39 is 0 Å². The van der Waals surface area contributed by atoms with E-state index in [2.05, 4.69) is 11.8 Å². The maximum atomic E-state index is 13.0. The Balaban J connectivity index is 1.87. The van der Waals surface area contributed by atoms with Gasteiger partial charge in [0.2, 0.25) is 0 Å². The molecule has 0 N–H and O–H groups in total. The number of ether oxygens (including phenoxy) is 2. The van der Waals surface area contributed by atoms with E-state index in [1.165, 1.54) is 12.1 Å². The molecule has 1 heterocycles. The van der Waals surface area contributed by atoms with Crippen LogP contribution in [-0.4, -0.2) is 43.9 Å². The Hall–Kier alpha value is -1.13. The van der Waals surface area contributed by atoms with E-state index in [1.54, 1.807) is 6.07 Å². The Labute approximate surface area is 107 Å². The number of benzene rings is 1. The molecule has 0 aromatic heterocycles. The first-order valence-electron chi connectivity index (χ1n) is 6.42. The molecule has 0 aliphatic carbocycles. The zero-order chi connectivity index (χ0) is 13.0. The molecule has 0 amide bonds. The second-order valence-electron chi connectivity index (χ2n) is 4.61. The summed E-state index contributed by atoms with van der Waals surface area (Å²) in [5, 5.41) is 0. The van der Waals surface area contributed by atoms with E-state index in [0.29, 0.717) is 6.61 Å². The zero-order valence-electron chi connectivity index (χ0n) is 11.0. The lowest BCUT2D eigenvalue weighted by atomic mass is 10.2. The average molecular weight is 253 g/mol. The summed E-state index contributed by atoms with van der Waals surface area (Å²) < 4.78 is 24.3. The molecule has 0 saturated carbocycles. The fraction of sp³-hybridized carbons (Fsp3) is 0.571. The molecule has 1 atom stereocenters. The molecule has 1 unspecified atom stereocenters. The first-order valence-corrected chi connectivity index (χ1v) is 6.42. The topological polar surface area (TPSA) is 21.7 Å². The van der Waals surface area contributed by atoms with Crippen LogP contribution in [0.5, 0.6) is 5.75 Å². The highest BCUT2D eigenvalue weighted by Gasteiger charge is 2.19. The van der Waals surface area contributed by atoms with Gasteiger partial charge < -0.3 is 9.47 Å². The molecule has 0 bridgehead atoms. The quantitative estimate of drug-likeness (QED) is 0.821. The summed E-state index contributed by atoms with van der Waals surface area (Å²) >= 11 is 0. The number of aryl methyl sites for hydroxylation is 1. The van der Waals surface area contributed by atoms with Gasteiger partial charge in [-0.05, 0) is 37.2 Å². The zero-order valence-corrected chi connectivity index (χ0v) is 11.0. The van der Waals surface area contributed by atoms with Crippen molar-refractivity contribution < 1.29 is 13.9 Å². The van der Waals surface area contributed by atoms with E-state index in [1.807, 2.05) is 6.92 Å². The molecule has 0 spiro atoms. The highest BCUT2D eigenvalue weighted by atomic mass is 19.1. The van der Waals surface area contributed by atoms with Gasteiger partial charge >= 0.3 is 0 Å². The molecule has 1 aliphatic rings. The van der Waals surface area contributed by atoms with Gasteiger partial charge in [-0.2, -0.15) is 0 Å². The second-order valence-corrected chi connectivity index (χ2v) is 4.61. The van der Waals surface area contributed by atoms with Crippen molar-refractivity contribution in [1.82, 2.24) is 4.90 Å². The Morgan fingerprint density at radius 2 is 2.33 bits per heavy atom. The first-order chi connectivity index (χ1) is 8.69. The van der Waals surface area contributed by atoms with Gasteiger partial charge in [-0.3, -0.25) is 4.90 Å². The van der Waals surface area contributed by atoms with Crippen LogP contribution >= 0.6 is 0 Å². The van der Waals surface area contributed by atoms with Gasteiger partial charge in [-0.1, -0.05) is 6.92 Å². The molecule has 1 aromatic rings. The van der Waals surface area contributed by atoms with Crippen molar-refractivity contribution in [2.45, 2.75) is 20.0 Å². The lowest BCUT2D eigenvalue weighted by Crippen LogP contribution is -2.44. The third-order valence-electron chi connectivity index (χ3n) is 3.23. The van der Waals surface area contributed by atoms with Gasteiger partial charge in [-0.25, -0.2) is 4.39 Å². The number of halogens is 1. The summed E-state index contributed by atoms with van der Waals surface area (Å²) in [5.74, 6) is 0.500. The normalized spacial score (nSPS) is 20.9. The Kier molecular flexibility index (Phi) is 4.55. The summed E-state index contributed by atoms with van der Waals surface area (Å²) in [5.41, 5.74) is 0.818. The third kappa shape index (κ3) is 3.43. The van der Waals surface area contributed by atoms with E-state index in [0.717, 1.165) is 37.6 Å². The monoisotopic (exact) mass is 253 g/mol. The number of hydrogen-bond donors (Lipinski definition) is 0. The Morgan fingerprint density at radius 1 is 1.50 bits per heavy atom. The van der Waals surface area contributed by atoms with Gasteiger partial charge in [-0.15, -0.1) is 0 Å². The molecular weight excluding hydrogens is 233 g/mol.